The van der Waals surface area contributed by atoms with E-state index in [0.717, 1.165) is 30.5 Å². The topological polar surface area (TPSA) is 33.1 Å². The van der Waals surface area contributed by atoms with Gasteiger partial charge in [-0.1, -0.05) is 19.9 Å². The molecule has 0 fully saturated rings. The normalized spacial score (nSPS) is 12.7. The lowest BCUT2D eigenvalue weighted by Crippen LogP contribution is -2.23. The molecular weight excluding hydrogens is 316 g/mol. The summed E-state index contributed by atoms with van der Waals surface area (Å²) >= 11 is 3.60. The lowest BCUT2D eigenvalue weighted by molar-refractivity contribution is 0.372. The second kappa shape index (κ2) is 8.60. The molecule has 1 aromatic heterocycles. The van der Waals surface area contributed by atoms with Crippen molar-refractivity contribution in [1.82, 2.24) is 20.0 Å². The van der Waals surface area contributed by atoms with Crippen molar-refractivity contribution in [3.05, 3.63) is 22.4 Å². The molecule has 20 heavy (non-hydrogen) atoms. The number of halogens is 1. The van der Waals surface area contributed by atoms with Crippen LogP contribution >= 0.6 is 15.9 Å². The molecule has 0 atom stereocenters. The van der Waals surface area contributed by atoms with Gasteiger partial charge in [0.1, 0.15) is 0 Å². The Kier molecular flexibility index (Phi) is 7.48. The average Bonchev–Trinajstić information content (AvgIpc) is 2.73. The lowest BCUT2D eigenvalue weighted by Gasteiger charge is -2.13. The summed E-state index contributed by atoms with van der Waals surface area (Å²) in [5.41, 5.74) is 2.47. The van der Waals surface area contributed by atoms with Gasteiger partial charge in [-0.3, -0.25) is 4.68 Å². The highest BCUT2D eigenvalue weighted by atomic mass is 79.9. The molecule has 4 nitrogen and oxygen atoms in total. The Labute approximate surface area is 131 Å². The van der Waals surface area contributed by atoms with Crippen molar-refractivity contribution >= 4 is 21.5 Å². The maximum atomic E-state index is 4.45. The van der Waals surface area contributed by atoms with Gasteiger partial charge in [-0.2, -0.15) is 5.10 Å². The summed E-state index contributed by atoms with van der Waals surface area (Å²) in [6, 6.07) is 0.543. The minimum Gasteiger partial charge on any atom is -0.314 e. The van der Waals surface area contributed by atoms with Gasteiger partial charge < -0.3 is 10.2 Å². The second-order valence-corrected chi connectivity index (χ2v) is 6.51. The van der Waals surface area contributed by atoms with Gasteiger partial charge in [0.05, 0.1) is 22.9 Å². The fraction of sp³-hybridized carbons (Fsp3) is 0.667. The Morgan fingerprint density at radius 1 is 1.50 bits per heavy atom. The zero-order valence-corrected chi connectivity index (χ0v) is 14.9. The van der Waals surface area contributed by atoms with Crippen LogP contribution in [-0.2, 0) is 6.54 Å². The van der Waals surface area contributed by atoms with Crippen LogP contribution in [0.4, 0.5) is 0 Å². The molecule has 114 valence electrons. The number of likely N-dealkylation sites (N-methyl/N-ethyl adjacent to an activating group) is 1. The van der Waals surface area contributed by atoms with Gasteiger partial charge in [0.2, 0.25) is 0 Å². The summed E-state index contributed by atoms with van der Waals surface area (Å²) in [5, 5.41) is 7.88. The van der Waals surface area contributed by atoms with Crippen LogP contribution < -0.4 is 5.32 Å². The van der Waals surface area contributed by atoms with E-state index in [0.29, 0.717) is 6.04 Å². The first-order valence-electron chi connectivity index (χ1n) is 7.18. The van der Waals surface area contributed by atoms with Crippen molar-refractivity contribution in [2.24, 2.45) is 0 Å². The van der Waals surface area contributed by atoms with Crippen molar-refractivity contribution in [2.75, 3.05) is 27.2 Å². The largest absolute Gasteiger partial charge is 0.314 e. The van der Waals surface area contributed by atoms with Gasteiger partial charge in [-0.15, -0.1) is 0 Å². The van der Waals surface area contributed by atoms with E-state index in [4.69, 9.17) is 0 Å². The lowest BCUT2D eigenvalue weighted by atomic mass is 10.1. The van der Waals surface area contributed by atoms with Crippen molar-refractivity contribution in [3.8, 4) is 0 Å². The van der Waals surface area contributed by atoms with Crippen LogP contribution in [0.1, 0.15) is 32.9 Å². The van der Waals surface area contributed by atoms with E-state index in [1.807, 2.05) is 6.20 Å². The molecule has 1 N–H and O–H groups in total. The van der Waals surface area contributed by atoms with Crippen LogP contribution in [0.25, 0.3) is 5.57 Å². The van der Waals surface area contributed by atoms with E-state index in [1.54, 1.807) is 0 Å². The molecule has 0 spiro atoms. The van der Waals surface area contributed by atoms with E-state index < -0.39 is 0 Å². The summed E-state index contributed by atoms with van der Waals surface area (Å²) in [7, 11) is 4.16. The zero-order chi connectivity index (χ0) is 15.1. The number of hydrogen-bond acceptors (Lipinski definition) is 3. The fourth-order valence-electron chi connectivity index (χ4n) is 1.98. The third kappa shape index (κ3) is 5.77. The molecular formula is C15H27BrN4. The minimum absolute atomic E-state index is 0.543. The summed E-state index contributed by atoms with van der Waals surface area (Å²) in [6.07, 6.45) is 5.20. The van der Waals surface area contributed by atoms with Crippen LogP contribution in [0, 0.1) is 0 Å². The first-order chi connectivity index (χ1) is 9.41. The van der Waals surface area contributed by atoms with Gasteiger partial charge in [-0.25, -0.2) is 0 Å². The maximum absolute atomic E-state index is 4.45. The van der Waals surface area contributed by atoms with Crippen LogP contribution in [0.15, 0.2) is 16.7 Å². The molecule has 0 radical (unpaired) electrons. The first kappa shape index (κ1) is 17.4. The average molecular weight is 343 g/mol. The molecule has 0 aliphatic heterocycles. The Morgan fingerprint density at radius 2 is 2.20 bits per heavy atom. The van der Waals surface area contributed by atoms with E-state index >= 15 is 0 Å². The molecule has 1 aromatic rings. The summed E-state index contributed by atoms with van der Waals surface area (Å²) in [4.78, 5) is 2.17. The van der Waals surface area contributed by atoms with Gasteiger partial charge >= 0.3 is 0 Å². The number of nitrogens with zero attached hydrogens (tertiary/aromatic N) is 3. The highest BCUT2D eigenvalue weighted by molar-refractivity contribution is 9.10. The number of allylic oxidation sites excluding steroid dienone is 1. The summed E-state index contributed by atoms with van der Waals surface area (Å²) < 4.78 is 3.15. The molecule has 0 aliphatic rings. The van der Waals surface area contributed by atoms with Gasteiger partial charge in [0.25, 0.3) is 0 Å². The molecule has 0 saturated carbocycles. The van der Waals surface area contributed by atoms with E-state index in [9.17, 15) is 0 Å². The van der Waals surface area contributed by atoms with Crippen molar-refractivity contribution in [2.45, 2.75) is 39.8 Å². The molecule has 0 unspecified atom stereocenters. The Bertz CT molecular complexity index is 435. The van der Waals surface area contributed by atoms with Crippen molar-refractivity contribution in [3.63, 3.8) is 0 Å². The smallest absolute Gasteiger partial charge is 0.0778 e. The van der Waals surface area contributed by atoms with E-state index in [2.05, 4.69) is 76.9 Å². The van der Waals surface area contributed by atoms with E-state index in [1.165, 1.54) is 11.3 Å². The predicted molar refractivity (Wildman–Crippen MR) is 89.9 cm³/mol. The molecule has 0 aliphatic carbocycles. The number of hydrogen-bond donors (Lipinski definition) is 1. The highest BCUT2D eigenvalue weighted by Gasteiger charge is 2.10. The van der Waals surface area contributed by atoms with Gasteiger partial charge in [-0.05, 0) is 55.5 Å². The Morgan fingerprint density at radius 3 is 2.80 bits per heavy atom. The van der Waals surface area contributed by atoms with E-state index in [-0.39, 0.29) is 0 Å². The number of aromatic nitrogens is 2. The molecule has 1 heterocycles. The van der Waals surface area contributed by atoms with Crippen LogP contribution in [-0.4, -0.2) is 47.9 Å². The Balaban J connectivity index is 2.68. The number of nitrogens with one attached hydrogen (secondary N) is 1. The first-order valence-corrected chi connectivity index (χ1v) is 7.97. The molecule has 0 aromatic carbocycles. The Hall–Kier alpha value is -0.650. The molecule has 0 amide bonds. The number of rotatable bonds is 8. The second-order valence-electron chi connectivity index (χ2n) is 5.65. The quantitative estimate of drug-likeness (QED) is 0.737. The fourth-order valence-corrected chi connectivity index (χ4v) is 2.59. The zero-order valence-electron chi connectivity index (χ0n) is 13.3. The van der Waals surface area contributed by atoms with Crippen molar-refractivity contribution < 1.29 is 0 Å². The SMILES string of the molecule is C/C(=C/CCNC(C)C)c1c(Br)cnn1CCN(C)C. The van der Waals surface area contributed by atoms with Crippen LogP contribution in [0.5, 0.6) is 0 Å². The van der Waals surface area contributed by atoms with Gasteiger partial charge in [0.15, 0.2) is 0 Å². The molecule has 1 rings (SSSR count). The standard InChI is InChI=1S/C15H27BrN4/c1-12(2)17-8-6-7-13(3)15-14(16)11-18-20(15)10-9-19(4)5/h7,11-12,17H,6,8-10H2,1-5H3/b13-7-. The van der Waals surface area contributed by atoms with Crippen LogP contribution in [0.3, 0.4) is 0 Å². The summed E-state index contributed by atoms with van der Waals surface area (Å²) in [6.45, 7) is 9.40. The third-order valence-corrected chi connectivity index (χ3v) is 3.66. The van der Waals surface area contributed by atoms with Crippen molar-refractivity contribution in [1.29, 1.82) is 0 Å². The minimum atomic E-state index is 0.543. The monoisotopic (exact) mass is 342 g/mol. The summed E-state index contributed by atoms with van der Waals surface area (Å²) in [5.74, 6) is 0. The molecule has 5 heteroatoms. The highest BCUT2D eigenvalue weighted by Crippen LogP contribution is 2.24. The molecule has 0 bridgehead atoms. The van der Waals surface area contributed by atoms with Gasteiger partial charge in [0, 0.05) is 12.6 Å². The molecule has 0 saturated heterocycles. The predicted octanol–water partition coefficient (Wildman–Crippen LogP) is 3.00. The third-order valence-electron chi connectivity index (χ3n) is 3.07. The maximum Gasteiger partial charge on any atom is 0.0778 e. The van der Waals surface area contributed by atoms with Crippen LogP contribution in [0.2, 0.25) is 0 Å².